The van der Waals surface area contributed by atoms with Gasteiger partial charge in [-0.25, -0.2) is 0 Å². The van der Waals surface area contributed by atoms with Gasteiger partial charge in [0.2, 0.25) is 0 Å². The Labute approximate surface area is 61.9 Å². The predicted molar refractivity (Wildman–Crippen MR) is 42.7 cm³/mol. The van der Waals surface area contributed by atoms with Gasteiger partial charge in [-0.15, -0.1) is 6.42 Å². The van der Waals surface area contributed by atoms with Gasteiger partial charge in [-0.2, -0.15) is 0 Å². The Kier molecular flexibility index (Phi) is 1.78. The molecule has 0 fully saturated rings. The van der Waals surface area contributed by atoms with Gasteiger partial charge >= 0.3 is 0 Å². The number of benzene rings is 1. The van der Waals surface area contributed by atoms with E-state index in [1.165, 1.54) is 5.56 Å². The number of aryl methyl sites for hydroxylation is 2. The van der Waals surface area contributed by atoms with E-state index in [9.17, 15) is 0 Å². The van der Waals surface area contributed by atoms with Gasteiger partial charge in [-0.1, -0.05) is 12.0 Å². The van der Waals surface area contributed by atoms with Crippen LogP contribution in [0, 0.1) is 32.3 Å². The van der Waals surface area contributed by atoms with Crippen LogP contribution >= 0.6 is 0 Å². The molecule has 0 aliphatic rings. The number of hydrogen-bond donors (Lipinski definition) is 0. The third-order valence-electron chi connectivity index (χ3n) is 1.57. The van der Waals surface area contributed by atoms with Gasteiger partial charge in [-0.05, 0) is 31.0 Å². The predicted octanol–water partition coefficient (Wildman–Crippen LogP) is 2.08. The smallest absolute Gasteiger partial charge is 0.0324 e. The van der Waals surface area contributed by atoms with Gasteiger partial charge in [0.25, 0.3) is 0 Å². The lowest BCUT2D eigenvalue weighted by Gasteiger charge is -1.97. The minimum atomic E-state index is 0.836. The second kappa shape index (κ2) is 2.58. The standard InChI is InChI=1S/C10H9/c1-4-10-6-5-8(2)9(3)7-10/h1,5-6H,2-3H3. The van der Waals surface area contributed by atoms with E-state index in [1.54, 1.807) is 0 Å². The van der Waals surface area contributed by atoms with Crippen LogP contribution in [0.2, 0.25) is 0 Å². The third kappa shape index (κ3) is 1.19. The fraction of sp³-hybridized carbons (Fsp3) is 0.200. The van der Waals surface area contributed by atoms with Gasteiger partial charge in [0.15, 0.2) is 0 Å². The summed E-state index contributed by atoms with van der Waals surface area (Å²) in [5.74, 6) is 2.54. The molecule has 0 saturated heterocycles. The Morgan fingerprint density at radius 2 is 2.10 bits per heavy atom. The van der Waals surface area contributed by atoms with Crippen molar-refractivity contribution in [3.8, 4) is 12.3 Å². The molecule has 0 N–H and O–H groups in total. The van der Waals surface area contributed by atoms with Crippen LogP contribution in [0.25, 0.3) is 0 Å². The highest BCUT2D eigenvalue weighted by molar-refractivity contribution is 5.37. The van der Waals surface area contributed by atoms with Crippen LogP contribution in [0.15, 0.2) is 12.1 Å². The van der Waals surface area contributed by atoms with Crippen molar-refractivity contribution in [2.75, 3.05) is 0 Å². The monoisotopic (exact) mass is 129 g/mol. The molecule has 0 unspecified atom stereocenters. The minimum absolute atomic E-state index is 0.836. The Morgan fingerprint density at radius 3 is 2.60 bits per heavy atom. The molecule has 0 saturated carbocycles. The minimum Gasteiger partial charge on any atom is -0.115 e. The molecule has 0 aromatic heterocycles. The Hall–Kier alpha value is -1.22. The third-order valence-corrected chi connectivity index (χ3v) is 1.57. The lowest BCUT2D eigenvalue weighted by atomic mass is 10.1. The Bertz CT molecular complexity index is 277. The van der Waals surface area contributed by atoms with Crippen molar-refractivity contribution in [1.29, 1.82) is 0 Å². The maximum atomic E-state index is 5.19. The first-order chi connectivity index (χ1) is 4.74. The normalized spacial score (nSPS) is 8.90. The van der Waals surface area contributed by atoms with E-state index in [2.05, 4.69) is 12.0 Å². The molecule has 1 radical (unpaired) electrons. The Morgan fingerprint density at radius 1 is 1.40 bits per heavy atom. The summed E-state index contributed by atoms with van der Waals surface area (Å²) in [5, 5.41) is 0. The molecule has 1 aromatic carbocycles. The molecular weight excluding hydrogens is 120 g/mol. The van der Waals surface area contributed by atoms with Crippen LogP contribution < -0.4 is 0 Å². The highest BCUT2D eigenvalue weighted by Gasteiger charge is 1.91. The summed E-state index contributed by atoms with van der Waals surface area (Å²) in [5.41, 5.74) is 3.21. The molecule has 49 valence electrons. The second-order valence-corrected chi connectivity index (χ2v) is 2.32. The molecular formula is C10H9. The van der Waals surface area contributed by atoms with Crippen molar-refractivity contribution >= 4 is 0 Å². The summed E-state index contributed by atoms with van der Waals surface area (Å²) >= 11 is 0. The molecule has 1 aromatic rings. The fourth-order valence-corrected chi connectivity index (χ4v) is 0.760. The average molecular weight is 129 g/mol. The van der Waals surface area contributed by atoms with E-state index in [0.29, 0.717) is 0 Å². The zero-order valence-corrected chi connectivity index (χ0v) is 6.23. The number of terminal acetylenes is 1. The van der Waals surface area contributed by atoms with E-state index in [-0.39, 0.29) is 0 Å². The van der Waals surface area contributed by atoms with E-state index in [0.717, 1.165) is 11.1 Å². The summed E-state index contributed by atoms with van der Waals surface area (Å²) in [7, 11) is 0. The molecule has 0 heterocycles. The average Bonchev–Trinajstić information content (AvgIpc) is 1.95. The number of rotatable bonds is 0. The summed E-state index contributed by atoms with van der Waals surface area (Å²) in [6.45, 7) is 4.06. The van der Waals surface area contributed by atoms with Crippen molar-refractivity contribution in [1.82, 2.24) is 0 Å². The summed E-state index contributed by atoms with van der Waals surface area (Å²) < 4.78 is 0. The van der Waals surface area contributed by atoms with Gasteiger partial charge in [0.05, 0.1) is 0 Å². The van der Waals surface area contributed by atoms with E-state index < -0.39 is 0 Å². The lowest BCUT2D eigenvalue weighted by molar-refractivity contribution is 1.32. The summed E-state index contributed by atoms with van der Waals surface area (Å²) in [4.78, 5) is 0. The fourth-order valence-electron chi connectivity index (χ4n) is 0.760. The first-order valence-corrected chi connectivity index (χ1v) is 3.20. The largest absolute Gasteiger partial charge is 0.115 e. The molecule has 0 atom stereocenters. The molecule has 0 amide bonds. The Balaban J connectivity index is 3.20. The molecule has 1 rings (SSSR count). The topological polar surface area (TPSA) is 0 Å². The molecule has 0 nitrogen and oxygen atoms in total. The SMILES string of the molecule is C#Cc1[c]c(C)c(C)cc1. The zero-order valence-electron chi connectivity index (χ0n) is 6.23. The summed E-state index contributed by atoms with van der Waals surface area (Å²) in [6, 6.07) is 7.01. The highest BCUT2D eigenvalue weighted by atomic mass is 14.0. The second-order valence-electron chi connectivity index (χ2n) is 2.32. The van der Waals surface area contributed by atoms with E-state index in [4.69, 9.17) is 6.42 Å². The van der Waals surface area contributed by atoms with Gasteiger partial charge in [0, 0.05) is 11.6 Å². The first-order valence-electron chi connectivity index (χ1n) is 3.20. The molecule has 10 heavy (non-hydrogen) atoms. The zero-order chi connectivity index (χ0) is 7.56. The van der Waals surface area contributed by atoms with E-state index in [1.807, 2.05) is 26.0 Å². The first kappa shape index (κ1) is 6.89. The van der Waals surface area contributed by atoms with Crippen molar-refractivity contribution in [3.05, 3.63) is 34.9 Å². The quantitative estimate of drug-likeness (QED) is 0.470. The summed E-state index contributed by atoms with van der Waals surface area (Å²) in [6.07, 6.45) is 5.19. The molecule has 0 heteroatoms. The van der Waals surface area contributed by atoms with Crippen LogP contribution in [0.4, 0.5) is 0 Å². The van der Waals surface area contributed by atoms with E-state index >= 15 is 0 Å². The van der Waals surface area contributed by atoms with Crippen LogP contribution in [0.5, 0.6) is 0 Å². The molecule has 0 bridgehead atoms. The van der Waals surface area contributed by atoms with Crippen molar-refractivity contribution in [3.63, 3.8) is 0 Å². The highest BCUT2D eigenvalue weighted by Crippen LogP contribution is 2.06. The van der Waals surface area contributed by atoms with Gasteiger partial charge in [-0.3, -0.25) is 0 Å². The maximum absolute atomic E-state index is 5.19. The lowest BCUT2D eigenvalue weighted by Crippen LogP contribution is -1.82. The van der Waals surface area contributed by atoms with Gasteiger partial charge < -0.3 is 0 Å². The van der Waals surface area contributed by atoms with Crippen molar-refractivity contribution < 1.29 is 0 Å². The molecule has 0 spiro atoms. The molecule has 0 aliphatic carbocycles. The van der Waals surface area contributed by atoms with Crippen LogP contribution in [0.1, 0.15) is 16.7 Å². The van der Waals surface area contributed by atoms with Crippen LogP contribution in [-0.2, 0) is 0 Å². The number of hydrogen-bond acceptors (Lipinski definition) is 0. The van der Waals surface area contributed by atoms with Crippen LogP contribution in [-0.4, -0.2) is 0 Å². The van der Waals surface area contributed by atoms with Crippen LogP contribution in [0.3, 0.4) is 0 Å². The van der Waals surface area contributed by atoms with Gasteiger partial charge in [0.1, 0.15) is 0 Å². The van der Waals surface area contributed by atoms with Crippen molar-refractivity contribution in [2.45, 2.75) is 13.8 Å². The maximum Gasteiger partial charge on any atom is 0.0324 e. The van der Waals surface area contributed by atoms with Crippen molar-refractivity contribution in [2.24, 2.45) is 0 Å². The molecule has 0 aliphatic heterocycles.